The van der Waals surface area contributed by atoms with Gasteiger partial charge in [0.25, 0.3) is 10.0 Å². The van der Waals surface area contributed by atoms with E-state index in [0.29, 0.717) is 22.6 Å². The first-order chi connectivity index (χ1) is 14.4. The van der Waals surface area contributed by atoms with E-state index in [1.54, 1.807) is 54.6 Å². The van der Waals surface area contributed by atoms with Gasteiger partial charge in [-0.25, -0.2) is 8.42 Å². The first-order valence-electron chi connectivity index (χ1n) is 9.35. The predicted molar refractivity (Wildman–Crippen MR) is 114 cm³/mol. The van der Waals surface area contributed by atoms with Gasteiger partial charge in [-0.05, 0) is 30.7 Å². The Kier molecular flexibility index (Phi) is 4.99. The molecule has 1 heterocycles. The van der Waals surface area contributed by atoms with Crippen LogP contribution in [0.4, 0.5) is 5.69 Å². The van der Waals surface area contributed by atoms with E-state index in [0.717, 1.165) is 5.56 Å². The van der Waals surface area contributed by atoms with Crippen molar-refractivity contribution >= 4 is 21.5 Å². The highest BCUT2D eigenvalue weighted by Crippen LogP contribution is 2.41. The minimum Gasteiger partial charge on any atom is -0.493 e. The molecule has 0 atom stereocenters. The Hall–Kier alpha value is -3.32. The molecule has 0 N–H and O–H groups in total. The third kappa shape index (κ3) is 3.21. The third-order valence-electron chi connectivity index (χ3n) is 5.20. The summed E-state index contributed by atoms with van der Waals surface area (Å²) in [5.41, 5.74) is 2.56. The highest BCUT2D eigenvalue weighted by atomic mass is 32.2. The number of methoxy groups -OCH3 is 2. The molecule has 0 aliphatic carbocycles. The Morgan fingerprint density at radius 3 is 2.17 bits per heavy atom. The van der Waals surface area contributed by atoms with Gasteiger partial charge in [-0.15, -0.1) is 0 Å². The summed E-state index contributed by atoms with van der Waals surface area (Å²) < 4.78 is 39.2. The second-order valence-electron chi connectivity index (χ2n) is 7.04. The van der Waals surface area contributed by atoms with Crippen molar-refractivity contribution in [2.24, 2.45) is 0 Å². The maximum absolute atomic E-state index is 13.6. The molecule has 1 aliphatic heterocycles. The van der Waals surface area contributed by atoms with Gasteiger partial charge >= 0.3 is 0 Å². The molecule has 0 aromatic heterocycles. The number of hydrogen-bond donors (Lipinski definition) is 0. The van der Waals surface area contributed by atoms with Crippen LogP contribution in [0, 0.1) is 6.92 Å². The summed E-state index contributed by atoms with van der Waals surface area (Å²) in [4.78, 5) is 13.5. The molecular weight excluding hydrogens is 402 g/mol. The fraction of sp³-hybridized carbons (Fsp3) is 0.174. The van der Waals surface area contributed by atoms with Crippen molar-refractivity contribution < 1.29 is 22.7 Å². The van der Waals surface area contributed by atoms with E-state index in [1.165, 1.54) is 24.6 Å². The second-order valence-corrected chi connectivity index (χ2v) is 8.90. The maximum atomic E-state index is 13.6. The van der Waals surface area contributed by atoms with E-state index in [4.69, 9.17) is 9.47 Å². The Bertz CT molecular complexity index is 1230. The number of rotatable bonds is 4. The number of sulfonamides is 1. The minimum absolute atomic E-state index is 0.0284. The molecule has 3 aromatic rings. The Morgan fingerprint density at radius 2 is 1.50 bits per heavy atom. The van der Waals surface area contributed by atoms with E-state index in [9.17, 15) is 13.2 Å². The molecule has 0 unspecified atom stereocenters. The van der Waals surface area contributed by atoms with Crippen LogP contribution in [-0.2, 0) is 16.6 Å². The molecule has 30 heavy (non-hydrogen) atoms. The molecule has 154 valence electrons. The maximum Gasteiger partial charge on any atom is 0.264 e. The number of carbonyl (C=O) groups excluding carboxylic acids is 1. The summed E-state index contributed by atoms with van der Waals surface area (Å²) in [6.07, 6.45) is 0. The zero-order valence-corrected chi connectivity index (χ0v) is 17.7. The highest BCUT2D eigenvalue weighted by Gasteiger charge is 2.34. The van der Waals surface area contributed by atoms with E-state index in [2.05, 4.69) is 0 Å². The van der Waals surface area contributed by atoms with E-state index >= 15 is 0 Å². The molecule has 1 aliphatic rings. The van der Waals surface area contributed by atoms with E-state index in [1.807, 2.05) is 6.92 Å². The van der Waals surface area contributed by atoms with Gasteiger partial charge in [0.05, 0.1) is 36.9 Å². The van der Waals surface area contributed by atoms with Crippen molar-refractivity contribution in [3.8, 4) is 11.5 Å². The van der Waals surface area contributed by atoms with Gasteiger partial charge in [0.2, 0.25) is 0 Å². The molecule has 0 radical (unpaired) electrons. The molecule has 0 bridgehead atoms. The number of anilines is 1. The SMILES string of the molecule is COc1cc2c(cc1OC)N(S(=O)(=O)c1ccc(C)cc1)Cc1ccccc1C2=O. The van der Waals surface area contributed by atoms with Crippen LogP contribution < -0.4 is 13.8 Å². The van der Waals surface area contributed by atoms with Gasteiger partial charge in [0.15, 0.2) is 17.3 Å². The minimum atomic E-state index is -3.94. The fourth-order valence-corrected chi connectivity index (χ4v) is 5.03. The monoisotopic (exact) mass is 423 g/mol. The second kappa shape index (κ2) is 7.50. The lowest BCUT2D eigenvalue weighted by Gasteiger charge is -2.25. The van der Waals surface area contributed by atoms with Crippen molar-refractivity contribution in [1.29, 1.82) is 0 Å². The Balaban J connectivity index is 2.00. The summed E-state index contributed by atoms with van der Waals surface area (Å²) >= 11 is 0. The molecule has 3 aromatic carbocycles. The Labute approximate surface area is 175 Å². The van der Waals surface area contributed by atoms with Crippen molar-refractivity contribution in [1.82, 2.24) is 0 Å². The summed E-state index contributed by atoms with van der Waals surface area (Å²) in [6.45, 7) is 1.92. The molecule has 0 saturated heterocycles. The topological polar surface area (TPSA) is 72.9 Å². The van der Waals surface area contributed by atoms with Gasteiger partial charge in [-0.3, -0.25) is 9.10 Å². The van der Waals surface area contributed by atoms with E-state index < -0.39 is 10.0 Å². The number of ether oxygens (including phenoxy) is 2. The lowest BCUT2D eigenvalue weighted by molar-refractivity contribution is 0.103. The number of fused-ring (bicyclic) bond motifs is 2. The average molecular weight is 423 g/mol. The first-order valence-corrected chi connectivity index (χ1v) is 10.8. The van der Waals surface area contributed by atoms with Gasteiger partial charge in [-0.2, -0.15) is 0 Å². The third-order valence-corrected chi connectivity index (χ3v) is 6.97. The fourth-order valence-electron chi connectivity index (χ4n) is 3.57. The van der Waals surface area contributed by atoms with Crippen LogP contribution in [0.25, 0.3) is 0 Å². The van der Waals surface area contributed by atoms with Gasteiger partial charge < -0.3 is 9.47 Å². The summed E-state index contributed by atoms with van der Waals surface area (Å²) in [5.74, 6) is 0.443. The van der Waals surface area contributed by atoms with Crippen LogP contribution in [0.5, 0.6) is 11.5 Å². The van der Waals surface area contributed by atoms with Crippen LogP contribution in [0.2, 0.25) is 0 Å². The summed E-state index contributed by atoms with van der Waals surface area (Å²) in [7, 11) is -1.00. The van der Waals surface area contributed by atoms with Gasteiger partial charge in [0.1, 0.15) is 0 Å². The highest BCUT2D eigenvalue weighted by molar-refractivity contribution is 7.92. The molecular formula is C23H21NO5S. The van der Waals surface area contributed by atoms with Crippen molar-refractivity contribution in [2.75, 3.05) is 18.5 Å². The largest absolute Gasteiger partial charge is 0.493 e. The standard InChI is InChI=1S/C23H21NO5S/c1-15-8-10-17(11-9-15)30(26,27)24-14-16-6-4-5-7-18(16)23(25)19-12-21(28-2)22(29-3)13-20(19)24/h4-13H,14H2,1-3H3. The number of nitrogens with zero attached hydrogens (tertiary/aromatic N) is 1. The van der Waals surface area contributed by atoms with Crippen LogP contribution in [0.3, 0.4) is 0 Å². The van der Waals surface area contributed by atoms with Gasteiger partial charge in [-0.1, -0.05) is 42.0 Å². The first kappa shape index (κ1) is 20.0. The zero-order valence-electron chi connectivity index (χ0n) is 16.9. The quantitative estimate of drug-likeness (QED) is 0.635. The summed E-state index contributed by atoms with van der Waals surface area (Å²) in [6, 6.07) is 16.8. The lowest BCUT2D eigenvalue weighted by atomic mass is 9.99. The number of ketones is 1. The number of hydrogen-bond acceptors (Lipinski definition) is 5. The van der Waals surface area contributed by atoms with Crippen molar-refractivity contribution in [2.45, 2.75) is 18.4 Å². The Morgan fingerprint density at radius 1 is 0.867 bits per heavy atom. The molecule has 0 spiro atoms. The molecule has 0 fully saturated rings. The number of carbonyl (C=O) groups is 1. The summed E-state index contributed by atoms with van der Waals surface area (Å²) in [5, 5.41) is 0. The van der Waals surface area contributed by atoms with Crippen LogP contribution in [-0.4, -0.2) is 28.4 Å². The van der Waals surface area contributed by atoms with Gasteiger partial charge in [0, 0.05) is 11.6 Å². The molecule has 7 heteroatoms. The zero-order chi connectivity index (χ0) is 21.5. The lowest BCUT2D eigenvalue weighted by Crippen LogP contribution is -2.30. The van der Waals surface area contributed by atoms with E-state index in [-0.39, 0.29) is 28.5 Å². The molecule has 0 saturated carbocycles. The smallest absolute Gasteiger partial charge is 0.264 e. The normalized spacial score (nSPS) is 13.3. The molecule has 4 rings (SSSR count). The molecule has 6 nitrogen and oxygen atoms in total. The molecule has 0 amide bonds. The average Bonchev–Trinajstić information content (AvgIpc) is 2.88. The number of aryl methyl sites for hydroxylation is 1. The van der Waals surface area contributed by atoms with Crippen LogP contribution in [0.1, 0.15) is 27.0 Å². The van der Waals surface area contributed by atoms with Crippen molar-refractivity contribution in [3.63, 3.8) is 0 Å². The predicted octanol–water partition coefficient (Wildman–Crippen LogP) is 3.95. The van der Waals surface area contributed by atoms with Crippen LogP contribution >= 0.6 is 0 Å². The van der Waals surface area contributed by atoms with Crippen molar-refractivity contribution in [3.05, 3.63) is 82.9 Å². The van der Waals surface area contributed by atoms with Crippen LogP contribution in [0.15, 0.2) is 65.6 Å². The number of benzene rings is 3.